The standard InChI is InChI=1S/C21H25.C9H7S.C8H8.Zr/c1-20(2,3)16-9-7-14-11-15-8-10-17(21(4,5)6)13-19(15)18(14)12-16;1-2-5-8(4-1)9-6-3-7-10-9;1-2-8-6-4-3-5-7-8;/h7,9-10,12-13H,11H2,1-6H3;3-7H,1H2;1,3-7H,2H2;/q2*-1;;+2. The van der Waals surface area contributed by atoms with Crippen LogP contribution in [-0.4, -0.2) is 3.71 Å². The molecule has 0 amide bonds. The Kier molecular flexibility index (Phi) is 10.3. The summed E-state index contributed by atoms with van der Waals surface area (Å²) in [7, 11) is 0. The van der Waals surface area contributed by atoms with Crippen LogP contribution in [0.5, 0.6) is 0 Å². The van der Waals surface area contributed by atoms with E-state index in [4.69, 9.17) is 0 Å². The molecule has 0 saturated carbocycles. The van der Waals surface area contributed by atoms with Crippen LogP contribution in [-0.2, 0) is 47.9 Å². The third kappa shape index (κ3) is 8.08. The molecule has 0 N–H and O–H groups in total. The van der Waals surface area contributed by atoms with E-state index in [1.165, 1.54) is 73.6 Å². The van der Waals surface area contributed by atoms with Gasteiger partial charge in [0.25, 0.3) is 0 Å². The first kappa shape index (κ1) is 30.5. The van der Waals surface area contributed by atoms with Gasteiger partial charge < -0.3 is 0 Å². The Morgan fingerprint density at radius 2 is 1.57 bits per heavy atom. The van der Waals surface area contributed by atoms with E-state index in [2.05, 4.69) is 142 Å². The molecule has 0 spiro atoms. The first-order valence-corrected chi connectivity index (χ1v) is 16.4. The van der Waals surface area contributed by atoms with Crippen LogP contribution >= 0.6 is 11.3 Å². The summed E-state index contributed by atoms with van der Waals surface area (Å²) in [5.41, 5.74) is 11.5. The molecular formula is C38H40SZr. The fraction of sp³-hybridized carbons (Fsp3) is 0.289. The van der Waals surface area contributed by atoms with Gasteiger partial charge in [0.05, 0.1) is 0 Å². The van der Waals surface area contributed by atoms with Gasteiger partial charge in [0.1, 0.15) is 0 Å². The third-order valence-electron chi connectivity index (χ3n) is 7.21. The number of fused-ring (bicyclic) bond motifs is 3. The molecule has 0 nitrogen and oxygen atoms in total. The van der Waals surface area contributed by atoms with Crippen molar-refractivity contribution in [2.24, 2.45) is 0 Å². The number of hydrogen-bond donors (Lipinski definition) is 0. The Bertz CT molecular complexity index is 1410. The van der Waals surface area contributed by atoms with E-state index in [1.54, 1.807) is 11.3 Å². The second-order valence-electron chi connectivity index (χ2n) is 12.4. The van der Waals surface area contributed by atoms with Gasteiger partial charge in [-0.3, -0.25) is 6.08 Å². The molecular weight excluding hydrogens is 580 g/mol. The number of hydrogen-bond acceptors (Lipinski definition) is 1. The summed E-state index contributed by atoms with van der Waals surface area (Å²) in [6.45, 7) is 13.6. The van der Waals surface area contributed by atoms with Crippen LogP contribution in [0.1, 0.15) is 80.7 Å². The molecule has 6 rings (SSSR count). The molecule has 2 aliphatic carbocycles. The van der Waals surface area contributed by atoms with Crippen molar-refractivity contribution in [2.75, 3.05) is 0 Å². The molecule has 2 heteroatoms. The van der Waals surface area contributed by atoms with E-state index in [-0.39, 0.29) is 10.8 Å². The summed E-state index contributed by atoms with van der Waals surface area (Å²) >= 11 is 3.29. The van der Waals surface area contributed by atoms with Gasteiger partial charge in [0, 0.05) is 0 Å². The van der Waals surface area contributed by atoms with Gasteiger partial charge in [-0.05, 0) is 27.7 Å². The van der Waals surface area contributed by atoms with E-state index in [0.717, 1.165) is 19.3 Å². The van der Waals surface area contributed by atoms with Crippen molar-refractivity contribution >= 4 is 20.6 Å². The molecule has 0 radical (unpaired) electrons. The predicted octanol–water partition coefficient (Wildman–Crippen LogP) is 10.1. The quantitative estimate of drug-likeness (QED) is 0.176. The van der Waals surface area contributed by atoms with Gasteiger partial charge in [-0.1, -0.05) is 88.4 Å². The summed E-state index contributed by atoms with van der Waals surface area (Å²) in [5.74, 6) is 0. The van der Waals surface area contributed by atoms with Crippen LogP contribution in [0.3, 0.4) is 0 Å². The Morgan fingerprint density at radius 3 is 2.17 bits per heavy atom. The molecule has 0 saturated heterocycles. The van der Waals surface area contributed by atoms with Crippen LogP contribution in [0.4, 0.5) is 0 Å². The number of rotatable bonds is 3. The topological polar surface area (TPSA) is 0 Å². The zero-order valence-corrected chi connectivity index (χ0v) is 28.0. The van der Waals surface area contributed by atoms with Crippen LogP contribution in [0.2, 0.25) is 0 Å². The molecule has 1 aromatic heterocycles. The van der Waals surface area contributed by atoms with Crippen LogP contribution in [0, 0.1) is 12.1 Å². The maximum absolute atomic E-state index is 3.53. The van der Waals surface area contributed by atoms with Crippen molar-refractivity contribution in [1.29, 1.82) is 0 Å². The minimum atomic E-state index is 0.177. The van der Waals surface area contributed by atoms with E-state index >= 15 is 0 Å². The van der Waals surface area contributed by atoms with Gasteiger partial charge in [-0.25, -0.2) is 6.08 Å². The van der Waals surface area contributed by atoms with Crippen molar-refractivity contribution < 1.29 is 24.2 Å². The number of thiophene rings is 1. The monoisotopic (exact) mass is 618 g/mol. The van der Waals surface area contributed by atoms with E-state index in [9.17, 15) is 0 Å². The summed E-state index contributed by atoms with van der Waals surface area (Å²) in [4.78, 5) is 1.35. The van der Waals surface area contributed by atoms with Gasteiger partial charge in [0.2, 0.25) is 0 Å². The molecule has 0 unspecified atom stereocenters. The van der Waals surface area contributed by atoms with E-state index in [1.807, 2.05) is 6.07 Å². The summed E-state index contributed by atoms with van der Waals surface area (Å²) in [5, 5.41) is 2.10. The molecule has 0 bridgehead atoms. The minimum absolute atomic E-state index is 0.177. The Morgan fingerprint density at radius 1 is 0.850 bits per heavy atom. The van der Waals surface area contributed by atoms with Crippen LogP contribution in [0.25, 0.3) is 16.7 Å². The zero-order valence-electron chi connectivity index (χ0n) is 24.8. The molecule has 3 aromatic carbocycles. The third-order valence-corrected chi connectivity index (χ3v) is 8.63. The molecule has 1 heterocycles. The Balaban J connectivity index is 0.000000161. The summed E-state index contributed by atoms with van der Waals surface area (Å²) in [6.07, 6.45) is 10.5. The van der Waals surface area contributed by atoms with E-state index < -0.39 is 0 Å². The average Bonchev–Trinajstić information content (AvgIpc) is 3.70. The molecule has 0 aliphatic heterocycles. The predicted molar refractivity (Wildman–Crippen MR) is 172 cm³/mol. The Labute approximate surface area is 261 Å². The fourth-order valence-corrected chi connectivity index (χ4v) is 6.05. The number of benzene rings is 3. The summed E-state index contributed by atoms with van der Waals surface area (Å²) < 4.78 is 2.25. The molecule has 2 aliphatic rings. The molecule has 0 atom stereocenters. The normalized spacial score (nSPS) is 13.3. The van der Waals surface area contributed by atoms with Crippen molar-refractivity contribution in [3.63, 3.8) is 0 Å². The van der Waals surface area contributed by atoms with Crippen LogP contribution in [0.15, 0.2) is 90.3 Å². The molecule has 0 fully saturated rings. The molecule has 40 heavy (non-hydrogen) atoms. The van der Waals surface area contributed by atoms with Crippen molar-refractivity contribution in [3.8, 4) is 11.1 Å². The second kappa shape index (κ2) is 13.5. The van der Waals surface area contributed by atoms with E-state index in [0.29, 0.717) is 0 Å². The molecule has 4 aromatic rings. The average molecular weight is 620 g/mol. The maximum atomic E-state index is 3.53. The molecule has 202 valence electrons. The Hall–Kier alpha value is -2.41. The fourth-order valence-electron chi connectivity index (χ4n) is 4.73. The van der Waals surface area contributed by atoms with Crippen molar-refractivity contribution in [3.05, 3.63) is 135 Å². The number of allylic oxidation sites excluding steroid dienone is 4. The first-order valence-electron chi connectivity index (χ1n) is 14.1. The van der Waals surface area contributed by atoms with Crippen LogP contribution < -0.4 is 0 Å². The second-order valence-corrected chi connectivity index (χ2v) is 14.4. The van der Waals surface area contributed by atoms with Gasteiger partial charge in [0.15, 0.2) is 0 Å². The first-order chi connectivity index (χ1) is 19.1. The van der Waals surface area contributed by atoms with Crippen molar-refractivity contribution in [2.45, 2.75) is 71.6 Å². The summed E-state index contributed by atoms with van der Waals surface area (Å²) in [6, 6.07) is 29.8. The van der Waals surface area contributed by atoms with Gasteiger partial charge >= 0.3 is 70.3 Å². The van der Waals surface area contributed by atoms with Crippen molar-refractivity contribution in [1.82, 2.24) is 0 Å². The van der Waals surface area contributed by atoms with Gasteiger partial charge in [-0.2, -0.15) is 52.3 Å². The zero-order chi connectivity index (χ0) is 28.8. The SMILES string of the molecule is CC(C)(C)c1c[c-]c2c(c1)-c1cc(C(C)(C)C)ccc1C2.[C-]1=CC(c2cccs2)=CC1.[Zr+2]=[CH]Cc1ccccc1. The van der Waals surface area contributed by atoms with Gasteiger partial charge in [-0.15, -0.1) is 12.0 Å².